The van der Waals surface area contributed by atoms with Crippen LogP contribution in [-0.4, -0.2) is 11.9 Å². The first-order valence-corrected chi connectivity index (χ1v) is 5.03. The first-order valence-electron chi connectivity index (χ1n) is 5.03. The smallest absolute Gasteiger partial charge is 0.316 e. The molecule has 0 spiro atoms. The Kier molecular flexibility index (Phi) is 4.81. The van der Waals surface area contributed by atoms with Crippen molar-refractivity contribution in [1.82, 2.24) is 0 Å². The first kappa shape index (κ1) is 13.1. The van der Waals surface area contributed by atoms with Gasteiger partial charge in [-0.05, 0) is 11.8 Å². The second kappa shape index (κ2) is 5.13. The van der Waals surface area contributed by atoms with Crippen molar-refractivity contribution < 1.29 is 14.3 Å². The first-order chi connectivity index (χ1) is 6.29. The molecule has 0 radical (unpaired) electrons. The molecule has 1 unspecified atom stereocenters. The zero-order valence-corrected chi connectivity index (χ0v) is 9.72. The van der Waals surface area contributed by atoms with E-state index < -0.39 is 11.9 Å². The van der Waals surface area contributed by atoms with Crippen LogP contribution in [0.5, 0.6) is 0 Å². The molecule has 0 aliphatic heterocycles. The number of hydrogen-bond acceptors (Lipinski definition) is 3. The average molecular weight is 200 g/mol. The van der Waals surface area contributed by atoms with Crippen molar-refractivity contribution in [2.75, 3.05) is 0 Å². The largest absolute Gasteiger partial charge is 0.393 e. The lowest BCUT2D eigenvalue weighted by molar-refractivity contribution is -0.164. The van der Waals surface area contributed by atoms with E-state index >= 15 is 0 Å². The van der Waals surface area contributed by atoms with Gasteiger partial charge in [-0.2, -0.15) is 0 Å². The minimum Gasteiger partial charge on any atom is -0.393 e. The summed E-state index contributed by atoms with van der Waals surface area (Å²) in [7, 11) is 0. The maximum atomic E-state index is 11.4. The number of rotatable bonds is 3. The van der Waals surface area contributed by atoms with Crippen LogP contribution in [0.4, 0.5) is 0 Å². The topological polar surface area (TPSA) is 43.4 Å². The van der Waals surface area contributed by atoms with E-state index in [4.69, 9.17) is 4.74 Å². The summed E-state index contributed by atoms with van der Waals surface area (Å²) in [6, 6.07) is 0. The SMILES string of the molecule is CCCC(=O)OC(=O)C(C)C(C)(C)C. The van der Waals surface area contributed by atoms with E-state index in [0.717, 1.165) is 0 Å². The Morgan fingerprint density at radius 1 is 1.29 bits per heavy atom. The Hall–Kier alpha value is -0.860. The summed E-state index contributed by atoms with van der Waals surface area (Å²) >= 11 is 0. The van der Waals surface area contributed by atoms with E-state index in [2.05, 4.69) is 0 Å². The number of carbonyl (C=O) groups excluding carboxylic acids is 2. The number of hydrogen-bond donors (Lipinski definition) is 0. The van der Waals surface area contributed by atoms with Crippen molar-refractivity contribution in [3.63, 3.8) is 0 Å². The van der Waals surface area contributed by atoms with Crippen LogP contribution in [0.25, 0.3) is 0 Å². The van der Waals surface area contributed by atoms with Gasteiger partial charge < -0.3 is 4.74 Å². The Balaban J connectivity index is 4.15. The van der Waals surface area contributed by atoms with Crippen LogP contribution in [0.3, 0.4) is 0 Å². The van der Waals surface area contributed by atoms with Crippen LogP contribution in [0.2, 0.25) is 0 Å². The Bertz CT molecular complexity index is 213. The van der Waals surface area contributed by atoms with Gasteiger partial charge in [-0.1, -0.05) is 34.6 Å². The molecule has 14 heavy (non-hydrogen) atoms. The van der Waals surface area contributed by atoms with Crippen LogP contribution < -0.4 is 0 Å². The monoisotopic (exact) mass is 200 g/mol. The van der Waals surface area contributed by atoms with Crippen molar-refractivity contribution in [2.24, 2.45) is 11.3 Å². The van der Waals surface area contributed by atoms with Gasteiger partial charge in [-0.15, -0.1) is 0 Å². The summed E-state index contributed by atoms with van der Waals surface area (Å²) in [6.07, 6.45) is 1.01. The normalized spacial score (nSPS) is 13.5. The van der Waals surface area contributed by atoms with Crippen molar-refractivity contribution in [2.45, 2.75) is 47.5 Å². The highest BCUT2D eigenvalue weighted by Gasteiger charge is 2.29. The van der Waals surface area contributed by atoms with E-state index in [1.807, 2.05) is 27.7 Å². The lowest BCUT2D eigenvalue weighted by atomic mass is 9.82. The molecule has 0 bridgehead atoms. The maximum Gasteiger partial charge on any atom is 0.316 e. The molecule has 3 heteroatoms. The molecule has 0 aromatic carbocycles. The fourth-order valence-corrected chi connectivity index (χ4v) is 0.809. The van der Waals surface area contributed by atoms with Crippen LogP contribution in [-0.2, 0) is 14.3 Å². The van der Waals surface area contributed by atoms with Crippen molar-refractivity contribution in [3.05, 3.63) is 0 Å². The highest BCUT2D eigenvalue weighted by atomic mass is 16.6. The number of carbonyl (C=O) groups is 2. The average Bonchev–Trinajstić information content (AvgIpc) is 2.01. The second-order valence-electron chi connectivity index (χ2n) is 4.63. The minimum atomic E-state index is -0.423. The van der Waals surface area contributed by atoms with E-state index in [0.29, 0.717) is 12.8 Å². The van der Waals surface area contributed by atoms with Crippen LogP contribution in [0, 0.1) is 11.3 Å². The third-order valence-electron chi connectivity index (χ3n) is 2.32. The maximum absolute atomic E-state index is 11.4. The lowest BCUT2D eigenvalue weighted by Gasteiger charge is -2.24. The second-order valence-corrected chi connectivity index (χ2v) is 4.63. The highest BCUT2D eigenvalue weighted by molar-refractivity contribution is 5.86. The molecule has 0 fully saturated rings. The van der Waals surface area contributed by atoms with E-state index in [1.54, 1.807) is 6.92 Å². The van der Waals surface area contributed by atoms with Crippen molar-refractivity contribution in [3.8, 4) is 0 Å². The molecular weight excluding hydrogens is 180 g/mol. The van der Waals surface area contributed by atoms with Crippen LogP contribution in [0.15, 0.2) is 0 Å². The van der Waals surface area contributed by atoms with Gasteiger partial charge >= 0.3 is 11.9 Å². The summed E-state index contributed by atoms with van der Waals surface area (Å²) in [4.78, 5) is 22.5. The van der Waals surface area contributed by atoms with Crippen LogP contribution in [0.1, 0.15) is 47.5 Å². The molecule has 0 amide bonds. The molecule has 0 N–H and O–H groups in total. The van der Waals surface area contributed by atoms with Gasteiger partial charge in [0.25, 0.3) is 0 Å². The molecule has 0 rings (SSSR count). The standard InChI is InChI=1S/C11H20O3/c1-6-7-9(12)14-10(13)8(2)11(3,4)5/h8H,6-7H2,1-5H3. The fourth-order valence-electron chi connectivity index (χ4n) is 0.809. The Morgan fingerprint density at radius 3 is 2.14 bits per heavy atom. The van der Waals surface area contributed by atoms with Gasteiger partial charge in [0.05, 0.1) is 5.92 Å². The summed E-state index contributed by atoms with van der Waals surface area (Å²) in [6.45, 7) is 9.50. The molecular formula is C11H20O3. The lowest BCUT2D eigenvalue weighted by Crippen LogP contribution is -2.29. The molecule has 0 aromatic heterocycles. The molecule has 0 saturated heterocycles. The third kappa shape index (κ3) is 4.40. The molecule has 0 aromatic rings. The molecule has 82 valence electrons. The number of esters is 2. The molecule has 0 saturated carbocycles. The zero-order chi connectivity index (χ0) is 11.4. The molecule has 0 heterocycles. The van der Waals surface area contributed by atoms with Gasteiger partial charge in [0.15, 0.2) is 0 Å². The van der Waals surface area contributed by atoms with Crippen molar-refractivity contribution >= 4 is 11.9 Å². The van der Waals surface area contributed by atoms with E-state index in [9.17, 15) is 9.59 Å². The summed E-state index contributed by atoms with van der Waals surface area (Å²) in [5.74, 6) is -1.10. The molecule has 0 aliphatic rings. The predicted octanol–water partition coefficient (Wildman–Crippen LogP) is 2.54. The minimum absolute atomic E-state index is 0.163. The number of ether oxygens (including phenoxy) is 1. The molecule has 1 atom stereocenters. The van der Waals surface area contributed by atoms with E-state index in [1.165, 1.54) is 0 Å². The molecule has 3 nitrogen and oxygen atoms in total. The summed E-state index contributed by atoms with van der Waals surface area (Å²) in [5.41, 5.74) is -0.163. The summed E-state index contributed by atoms with van der Waals surface area (Å²) in [5, 5.41) is 0. The fraction of sp³-hybridized carbons (Fsp3) is 0.818. The third-order valence-corrected chi connectivity index (χ3v) is 2.32. The van der Waals surface area contributed by atoms with Gasteiger partial charge in [0.2, 0.25) is 0 Å². The zero-order valence-electron chi connectivity index (χ0n) is 9.72. The quantitative estimate of drug-likeness (QED) is 0.519. The highest BCUT2D eigenvalue weighted by Crippen LogP contribution is 2.26. The van der Waals surface area contributed by atoms with Crippen molar-refractivity contribution in [1.29, 1.82) is 0 Å². The Labute approximate surface area is 85.8 Å². The Morgan fingerprint density at radius 2 is 1.79 bits per heavy atom. The predicted molar refractivity (Wildman–Crippen MR) is 54.6 cm³/mol. The van der Waals surface area contributed by atoms with E-state index in [-0.39, 0.29) is 11.3 Å². The van der Waals surface area contributed by atoms with Crippen LogP contribution >= 0.6 is 0 Å². The molecule has 0 aliphatic carbocycles. The van der Waals surface area contributed by atoms with Gasteiger partial charge in [-0.25, -0.2) is 0 Å². The van der Waals surface area contributed by atoms with Gasteiger partial charge in [-0.3, -0.25) is 9.59 Å². The van der Waals surface area contributed by atoms with Gasteiger partial charge in [0.1, 0.15) is 0 Å². The van der Waals surface area contributed by atoms with Gasteiger partial charge in [0, 0.05) is 6.42 Å². The summed E-state index contributed by atoms with van der Waals surface area (Å²) < 4.78 is 4.70.